The zero-order chi connectivity index (χ0) is 18.6. The molecule has 1 unspecified atom stereocenters. The molecule has 2 rings (SSSR count). The SMILES string of the molecule is CCC(C)(CCO)NC(=O)C(=O)c1c(C)nn(-c2ccccc2)c1C. The molecule has 1 heterocycles. The van der Waals surface area contributed by atoms with Crippen LogP contribution in [0.3, 0.4) is 0 Å². The minimum Gasteiger partial charge on any atom is -0.396 e. The van der Waals surface area contributed by atoms with Crippen LogP contribution >= 0.6 is 0 Å². The molecular weight excluding hydrogens is 318 g/mol. The van der Waals surface area contributed by atoms with E-state index in [2.05, 4.69) is 10.4 Å². The Morgan fingerprint density at radius 2 is 1.88 bits per heavy atom. The van der Waals surface area contributed by atoms with Crippen molar-refractivity contribution in [3.05, 3.63) is 47.3 Å². The molecule has 134 valence electrons. The molecule has 0 saturated carbocycles. The number of hydrogen-bond donors (Lipinski definition) is 2. The molecule has 1 amide bonds. The molecule has 0 bridgehead atoms. The third-order valence-corrected chi connectivity index (χ3v) is 4.58. The maximum Gasteiger partial charge on any atom is 0.292 e. The van der Waals surface area contributed by atoms with Crippen LogP contribution in [0.2, 0.25) is 0 Å². The van der Waals surface area contributed by atoms with E-state index in [1.54, 1.807) is 18.5 Å². The van der Waals surface area contributed by atoms with Gasteiger partial charge in [-0.25, -0.2) is 4.68 Å². The Bertz CT molecular complexity index is 768. The molecule has 0 radical (unpaired) electrons. The second-order valence-corrected chi connectivity index (χ2v) is 6.46. The van der Waals surface area contributed by atoms with Crippen LogP contribution in [-0.4, -0.2) is 38.7 Å². The fourth-order valence-corrected chi connectivity index (χ4v) is 2.81. The van der Waals surface area contributed by atoms with Crippen LogP contribution < -0.4 is 5.32 Å². The Labute approximate surface area is 147 Å². The highest BCUT2D eigenvalue weighted by Gasteiger charge is 2.30. The quantitative estimate of drug-likeness (QED) is 0.597. The van der Waals surface area contributed by atoms with E-state index in [4.69, 9.17) is 5.11 Å². The summed E-state index contributed by atoms with van der Waals surface area (Å²) in [6.07, 6.45) is 1.01. The van der Waals surface area contributed by atoms with Gasteiger partial charge in [-0.3, -0.25) is 9.59 Å². The molecule has 1 aromatic carbocycles. The fourth-order valence-electron chi connectivity index (χ4n) is 2.81. The van der Waals surface area contributed by atoms with Crippen molar-refractivity contribution in [2.45, 2.75) is 46.1 Å². The Balaban J connectivity index is 2.31. The molecule has 0 aliphatic carbocycles. The lowest BCUT2D eigenvalue weighted by Crippen LogP contribution is -2.48. The van der Waals surface area contributed by atoms with Crippen molar-refractivity contribution in [3.63, 3.8) is 0 Å². The zero-order valence-electron chi connectivity index (χ0n) is 15.2. The standard InChI is InChI=1S/C19H25N3O3/c1-5-19(4,11-12-23)20-18(25)17(24)16-13(2)21-22(14(16)3)15-9-7-6-8-10-15/h6-10,23H,5,11-12H2,1-4H3,(H,20,25). The number of aromatic nitrogens is 2. The van der Waals surface area contributed by atoms with Crippen LogP contribution in [-0.2, 0) is 4.79 Å². The molecule has 0 fully saturated rings. The summed E-state index contributed by atoms with van der Waals surface area (Å²) in [6, 6.07) is 9.47. The molecular formula is C19H25N3O3. The van der Waals surface area contributed by atoms with Gasteiger partial charge in [0.25, 0.3) is 11.7 Å². The first-order valence-corrected chi connectivity index (χ1v) is 8.42. The maximum absolute atomic E-state index is 12.7. The van der Waals surface area contributed by atoms with Gasteiger partial charge in [-0.05, 0) is 45.7 Å². The summed E-state index contributed by atoms with van der Waals surface area (Å²) in [6.45, 7) is 7.18. The van der Waals surface area contributed by atoms with E-state index in [0.29, 0.717) is 29.8 Å². The highest BCUT2D eigenvalue weighted by Crippen LogP contribution is 2.20. The third-order valence-electron chi connectivity index (χ3n) is 4.58. The predicted octanol–water partition coefficient (Wildman–Crippen LogP) is 2.34. The molecule has 6 heteroatoms. The lowest BCUT2D eigenvalue weighted by Gasteiger charge is -2.28. The van der Waals surface area contributed by atoms with Crippen LogP contribution in [0, 0.1) is 13.8 Å². The monoisotopic (exact) mass is 343 g/mol. The van der Waals surface area contributed by atoms with Crippen molar-refractivity contribution in [1.82, 2.24) is 15.1 Å². The van der Waals surface area contributed by atoms with Gasteiger partial charge in [0.2, 0.25) is 0 Å². The smallest absolute Gasteiger partial charge is 0.292 e. The number of aliphatic hydroxyl groups excluding tert-OH is 1. The number of carbonyl (C=O) groups is 2. The Morgan fingerprint density at radius 3 is 2.44 bits per heavy atom. The van der Waals surface area contributed by atoms with E-state index in [1.807, 2.05) is 44.2 Å². The second-order valence-electron chi connectivity index (χ2n) is 6.46. The van der Waals surface area contributed by atoms with Crippen LogP contribution in [0.25, 0.3) is 5.69 Å². The third kappa shape index (κ3) is 3.96. The number of ketones is 1. The summed E-state index contributed by atoms with van der Waals surface area (Å²) in [5.41, 5.74) is 1.69. The Morgan fingerprint density at radius 1 is 1.24 bits per heavy atom. The van der Waals surface area contributed by atoms with Gasteiger partial charge in [0.1, 0.15) is 0 Å². The summed E-state index contributed by atoms with van der Waals surface area (Å²) < 4.78 is 1.67. The van der Waals surface area contributed by atoms with Gasteiger partial charge in [-0.1, -0.05) is 25.1 Å². The van der Waals surface area contributed by atoms with Gasteiger partial charge in [0, 0.05) is 12.1 Å². The normalized spacial score (nSPS) is 13.3. The molecule has 0 aliphatic rings. The fraction of sp³-hybridized carbons (Fsp3) is 0.421. The molecule has 6 nitrogen and oxygen atoms in total. The average molecular weight is 343 g/mol. The number of carbonyl (C=O) groups excluding carboxylic acids is 2. The Hall–Kier alpha value is -2.47. The Kier molecular flexibility index (Phi) is 5.74. The van der Waals surface area contributed by atoms with E-state index in [-0.39, 0.29) is 6.61 Å². The van der Waals surface area contributed by atoms with E-state index in [1.165, 1.54) is 0 Å². The molecule has 2 N–H and O–H groups in total. The molecule has 1 aromatic heterocycles. The summed E-state index contributed by atoms with van der Waals surface area (Å²) in [4.78, 5) is 25.2. The molecule has 0 saturated heterocycles. The highest BCUT2D eigenvalue weighted by molar-refractivity contribution is 6.43. The van der Waals surface area contributed by atoms with Crippen molar-refractivity contribution < 1.29 is 14.7 Å². The first kappa shape index (κ1) is 18.9. The average Bonchev–Trinajstić information content (AvgIpc) is 2.89. The van der Waals surface area contributed by atoms with Crippen LogP contribution in [0.1, 0.15) is 48.4 Å². The van der Waals surface area contributed by atoms with Crippen LogP contribution in [0.4, 0.5) is 0 Å². The largest absolute Gasteiger partial charge is 0.396 e. The summed E-state index contributed by atoms with van der Waals surface area (Å²) in [7, 11) is 0. The van der Waals surface area contributed by atoms with Gasteiger partial charge >= 0.3 is 0 Å². The molecule has 25 heavy (non-hydrogen) atoms. The van der Waals surface area contributed by atoms with Gasteiger partial charge < -0.3 is 10.4 Å². The van der Waals surface area contributed by atoms with E-state index in [9.17, 15) is 9.59 Å². The molecule has 0 aliphatic heterocycles. The molecule has 1 atom stereocenters. The number of hydrogen-bond acceptors (Lipinski definition) is 4. The zero-order valence-corrected chi connectivity index (χ0v) is 15.2. The summed E-state index contributed by atoms with van der Waals surface area (Å²) in [5, 5.41) is 16.3. The number of nitrogens with zero attached hydrogens (tertiary/aromatic N) is 2. The number of para-hydroxylation sites is 1. The predicted molar refractivity (Wildman–Crippen MR) is 95.9 cm³/mol. The van der Waals surface area contributed by atoms with Gasteiger partial charge in [-0.15, -0.1) is 0 Å². The second kappa shape index (κ2) is 7.61. The van der Waals surface area contributed by atoms with Gasteiger partial charge in [0.05, 0.1) is 22.6 Å². The summed E-state index contributed by atoms with van der Waals surface area (Å²) >= 11 is 0. The van der Waals surface area contributed by atoms with Crippen molar-refractivity contribution in [2.24, 2.45) is 0 Å². The number of aliphatic hydroxyl groups is 1. The van der Waals surface area contributed by atoms with Crippen LogP contribution in [0.15, 0.2) is 30.3 Å². The highest BCUT2D eigenvalue weighted by atomic mass is 16.3. The number of aryl methyl sites for hydroxylation is 1. The first-order valence-electron chi connectivity index (χ1n) is 8.42. The number of amides is 1. The summed E-state index contributed by atoms with van der Waals surface area (Å²) in [5.74, 6) is -1.27. The van der Waals surface area contributed by atoms with Crippen molar-refractivity contribution in [1.29, 1.82) is 0 Å². The van der Waals surface area contributed by atoms with E-state index >= 15 is 0 Å². The van der Waals surface area contributed by atoms with E-state index in [0.717, 1.165) is 5.69 Å². The van der Waals surface area contributed by atoms with Crippen molar-refractivity contribution >= 4 is 11.7 Å². The number of rotatable bonds is 7. The minimum absolute atomic E-state index is 0.0528. The topological polar surface area (TPSA) is 84.2 Å². The maximum atomic E-state index is 12.7. The minimum atomic E-state index is -0.670. The van der Waals surface area contributed by atoms with E-state index < -0.39 is 17.2 Å². The first-order chi connectivity index (χ1) is 11.8. The number of nitrogens with one attached hydrogen (secondary N) is 1. The van der Waals surface area contributed by atoms with Crippen molar-refractivity contribution in [3.8, 4) is 5.69 Å². The molecule has 2 aromatic rings. The molecule has 0 spiro atoms. The number of benzene rings is 1. The van der Waals surface area contributed by atoms with Gasteiger partial charge in [-0.2, -0.15) is 5.10 Å². The number of Topliss-reactive ketones (excluding diaryl/α,β-unsaturated/α-hetero) is 1. The van der Waals surface area contributed by atoms with Crippen molar-refractivity contribution in [2.75, 3.05) is 6.61 Å². The lowest BCUT2D eigenvalue weighted by atomic mass is 9.94. The lowest BCUT2D eigenvalue weighted by molar-refractivity contribution is -0.118. The van der Waals surface area contributed by atoms with Crippen LogP contribution in [0.5, 0.6) is 0 Å². The van der Waals surface area contributed by atoms with Gasteiger partial charge in [0.15, 0.2) is 0 Å².